The summed E-state index contributed by atoms with van der Waals surface area (Å²) in [6, 6.07) is 8.22. The Bertz CT molecular complexity index is 783. The molecule has 0 aliphatic rings. The molecule has 0 atom stereocenters. The molecule has 2 aromatic carbocycles. The van der Waals surface area contributed by atoms with Crippen molar-refractivity contribution in [1.29, 1.82) is 0 Å². The van der Waals surface area contributed by atoms with E-state index in [1.165, 1.54) is 20.4 Å². The fourth-order valence-corrected chi connectivity index (χ4v) is 2.76. The molecule has 2 aromatic rings. The zero-order chi connectivity index (χ0) is 18.4. The lowest BCUT2D eigenvalue weighted by Gasteiger charge is -2.09. The van der Waals surface area contributed by atoms with Gasteiger partial charge >= 0.3 is 0 Å². The highest BCUT2D eigenvalue weighted by molar-refractivity contribution is 14.1. The molecule has 25 heavy (non-hydrogen) atoms. The number of ether oxygens (including phenoxy) is 3. The molecule has 1 amide bonds. The van der Waals surface area contributed by atoms with E-state index >= 15 is 0 Å². The molecule has 0 radical (unpaired) electrons. The number of benzene rings is 2. The SMILES string of the molecule is COc1ccc(C(=O)N/N=C/c2cc(OC)c(O)c(OC)c2)cc1I. The van der Waals surface area contributed by atoms with Crippen LogP contribution in [0.2, 0.25) is 0 Å². The summed E-state index contributed by atoms with van der Waals surface area (Å²) in [7, 11) is 4.44. The first-order valence-electron chi connectivity index (χ1n) is 7.12. The van der Waals surface area contributed by atoms with Gasteiger partial charge in [-0.1, -0.05) is 0 Å². The summed E-state index contributed by atoms with van der Waals surface area (Å²) in [6.07, 6.45) is 1.43. The summed E-state index contributed by atoms with van der Waals surface area (Å²) in [6.45, 7) is 0. The van der Waals surface area contributed by atoms with Crippen molar-refractivity contribution in [1.82, 2.24) is 5.43 Å². The van der Waals surface area contributed by atoms with Crippen LogP contribution in [0.3, 0.4) is 0 Å². The second-order valence-corrected chi connectivity index (χ2v) is 5.98. The van der Waals surface area contributed by atoms with Gasteiger partial charge in [-0.2, -0.15) is 5.10 Å². The molecule has 0 saturated carbocycles. The molecular weight excluding hydrogens is 439 g/mol. The maximum absolute atomic E-state index is 12.1. The average Bonchev–Trinajstić information content (AvgIpc) is 2.62. The van der Waals surface area contributed by atoms with E-state index in [0.717, 1.165) is 3.57 Å². The maximum Gasteiger partial charge on any atom is 0.271 e. The number of phenols is 1. The number of hydrogen-bond donors (Lipinski definition) is 2. The minimum absolute atomic E-state index is 0.0982. The normalized spacial score (nSPS) is 10.6. The van der Waals surface area contributed by atoms with E-state index in [2.05, 4.69) is 33.1 Å². The molecule has 0 spiro atoms. The maximum atomic E-state index is 12.1. The van der Waals surface area contributed by atoms with Crippen molar-refractivity contribution in [2.45, 2.75) is 0 Å². The number of rotatable bonds is 6. The van der Waals surface area contributed by atoms with Crippen LogP contribution < -0.4 is 19.6 Å². The lowest BCUT2D eigenvalue weighted by atomic mass is 10.2. The van der Waals surface area contributed by atoms with Gasteiger partial charge in [-0.25, -0.2) is 5.43 Å². The summed E-state index contributed by atoms with van der Waals surface area (Å²) in [5.74, 6) is 0.742. The molecule has 0 aliphatic carbocycles. The van der Waals surface area contributed by atoms with Crippen molar-refractivity contribution in [3.05, 3.63) is 45.0 Å². The van der Waals surface area contributed by atoms with Gasteiger partial charge in [0, 0.05) is 11.1 Å². The zero-order valence-electron chi connectivity index (χ0n) is 13.9. The van der Waals surface area contributed by atoms with E-state index in [-0.39, 0.29) is 23.2 Å². The summed E-state index contributed by atoms with van der Waals surface area (Å²) in [5.41, 5.74) is 3.50. The van der Waals surface area contributed by atoms with Gasteiger partial charge in [-0.15, -0.1) is 0 Å². The standard InChI is InChI=1S/C17H17IN2O5/c1-23-13-5-4-11(8-12(13)18)17(22)20-19-9-10-6-14(24-2)16(21)15(7-10)25-3/h4-9,21H,1-3H3,(H,20,22)/b19-9+. The van der Waals surface area contributed by atoms with Crippen molar-refractivity contribution in [3.8, 4) is 23.0 Å². The lowest BCUT2D eigenvalue weighted by molar-refractivity contribution is 0.0955. The molecular formula is C17H17IN2O5. The number of carbonyl (C=O) groups excluding carboxylic acids is 1. The highest BCUT2D eigenvalue weighted by Crippen LogP contribution is 2.36. The van der Waals surface area contributed by atoms with Gasteiger partial charge in [0.2, 0.25) is 5.75 Å². The molecule has 2 rings (SSSR count). The molecule has 0 aromatic heterocycles. The Hall–Kier alpha value is -2.49. The number of nitrogens with one attached hydrogen (secondary N) is 1. The molecule has 7 nitrogen and oxygen atoms in total. The number of aromatic hydroxyl groups is 1. The molecule has 8 heteroatoms. The van der Waals surface area contributed by atoms with E-state index in [1.54, 1.807) is 37.4 Å². The van der Waals surface area contributed by atoms with Gasteiger partial charge in [-0.3, -0.25) is 4.79 Å². The van der Waals surface area contributed by atoms with Crippen molar-refractivity contribution in [3.63, 3.8) is 0 Å². The second-order valence-electron chi connectivity index (χ2n) is 4.82. The van der Waals surface area contributed by atoms with E-state index in [0.29, 0.717) is 16.9 Å². The number of hydrazone groups is 1. The van der Waals surface area contributed by atoms with Crippen LogP contribution in [0.15, 0.2) is 35.4 Å². The van der Waals surface area contributed by atoms with Gasteiger partial charge < -0.3 is 19.3 Å². The Morgan fingerprint density at radius 3 is 2.20 bits per heavy atom. The number of amides is 1. The van der Waals surface area contributed by atoms with Crippen molar-refractivity contribution >= 4 is 34.7 Å². The number of nitrogens with zero attached hydrogens (tertiary/aromatic N) is 1. The molecule has 0 fully saturated rings. The van der Waals surface area contributed by atoms with E-state index in [4.69, 9.17) is 14.2 Å². The predicted molar refractivity (Wildman–Crippen MR) is 102 cm³/mol. The van der Waals surface area contributed by atoms with Crippen molar-refractivity contribution in [2.24, 2.45) is 5.10 Å². The van der Waals surface area contributed by atoms with Crippen LogP contribution in [0.4, 0.5) is 0 Å². The monoisotopic (exact) mass is 456 g/mol. The number of hydrogen-bond acceptors (Lipinski definition) is 6. The van der Waals surface area contributed by atoms with Crippen LogP contribution in [0.1, 0.15) is 15.9 Å². The Morgan fingerprint density at radius 2 is 1.68 bits per heavy atom. The van der Waals surface area contributed by atoms with Gasteiger partial charge in [0.15, 0.2) is 11.5 Å². The Balaban J connectivity index is 2.12. The van der Waals surface area contributed by atoms with Gasteiger partial charge in [0.25, 0.3) is 5.91 Å². The average molecular weight is 456 g/mol. The summed E-state index contributed by atoms with van der Waals surface area (Å²) in [4.78, 5) is 12.1. The number of halogens is 1. The molecule has 2 N–H and O–H groups in total. The fourth-order valence-electron chi connectivity index (χ4n) is 2.03. The molecule has 132 valence electrons. The third kappa shape index (κ3) is 4.53. The second kappa shape index (κ2) is 8.56. The van der Waals surface area contributed by atoms with Crippen LogP contribution >= 0.6 is 22.6 Å². The Labute approximate surface area is 158 Å². The van der Waals surface area contributed by atoms with Crippen molar-refractivity contribution < 1.29 is 24.1 Å². The smallest absolute Gasteiger partial charge is 0.271 e. The summed E-state index contributed by atoms with van der Waals surface area (Å²) < 4.78 is 16.1. The van der Waals surface area contributed by atoms with Gasteiger partial charge in [0.1, 0.15) is 5.75 Å². The summed E-state index contributed by atoms with van der Waals surface area (Å²) in [5, 5.41) is 13.8. The molecule has 0 unspecified atom stereocenters. The van der Waals surface area contributed by atoms with Crippen LogP contribution in [-0.4, -0.2) is 38.6 Å². The van der Waals surface area contributed by atoms with E-state index in [1.807, 2.05) is 0 Å². The van der Waals surface area contributed by atoms with Gasteiger partial charge in [-0.05, 0) is 52.9 Å². The first-order valence-corrected chi connectivity index (χ1v) is 8.20. The highest BCUT2D eigenvalue weighted by atomic mass is 127. The third-order valence-electron chi connectivity index (χ3n) is 3.30. The van der Waals surface area contributed by atoms with Crippen LogP contribution in [0.25, 0.3) is 0 Å². The summed E-state index contributed by atoms with van der Waals surface area (Å²) >= 11 is 2.09. The minimum Gasteiger partial charge on any atom is -0.502 e. The Morgan fingerprint density at radius 1 is 1.08 bits per heavy atom. The topological polar surface area (TPSA) is 89.4 Å². The van der Waals surface area contributed by atoms with E-state index < -0.39 is 0 Å². The highest BCUT2D eigenvalue weighted by Gasteiger charge is 2.11. The third-order valence-corrected chi connectivity index (χ3v) is 4.14. The van der Waals surface area contributed by atoms with E-state index in [9.17, 15) is 9.90 Å². The first kappa shape index (κ1) is 18.8. The fraction of sp³-hybridized carbons (Fsp3) is 0.176. The zero-order valence-corrected chi connectivity index (χ0v) is 16.0. The van der Waals surface area contributed by atoms with Gasteiger partial charge in [0.05, 0.1) is 31.1 Å². The largest absolute Gasteiger partial charge is 0.502 e. The lowest BCUT2D eigenvalue weighted by Crippen LogP contribution is -2.17. The molecule has 0 aliphatic heterocycles. The number of phenolic OH excluding ortho intramolecular Hbond substituents is 1. The molecule has 0 saturated heterocycles. The number of carbonyl (C=O) groups is 1. The minimum atomic E-state index is -0.352. The van der Waals surface area contributed by atoms with Crippen molar-refractivity contribution in [2.75, 3.05) is 21.3 Å². The first-order chi connectivity index (χ1) is 12.0. The number of methoxy groups -OCH3 is 3. The quantitative estimate of drug-likeness (QED) is 0.397. The van der Waals surface area contributed by atoms with Crippen LogP contribution in [0, 0.1) is 3.57 Å². The molecule has 0 heterocycles. The van der Waals surface area contributed by atoms with Crippen LogP contribution in [0.5, 0.6) is 23.0 Å². The van der Waals surface area contributed by atoms with Crippen LogP contribution in [-0.2, 0) is 0 Å². The Kier molecular flexibility index (Phi) is 6.45. The predicted octanol–water partition coefficient (Wildman–Crippen LogP) is 2.79. The molecule has 0 bridgehead atoms.